The Morgan fingerprint density at radius 2 is 1.58 bits per heavy atom. The number of methoxy groups -OCH3 is 1. The molecule has 0 aliphatic heterocycles. The summed E-state index contributed by atoms with van der Waals surface area (Å²) < 4.78 is 47.4. The first-order valence-electron chi connectivity index (χ1n) is 6.93. The summed E-state index contributed by atoms with van der Waals surface area (Å²) in [6.45, 7) is 8.84. The number of halogens is 3. The van der Waals surface area contributed by atoms with Crippen molar-refractivity contribution in [1.82, 2.24) is 0 Å². The van der Waals surface area contributed by atoms with Gasteiger partial charge in [-0.05, 0) is 24.6 Å². The molecule has 0 unspecified atom stereocenters. The third-order valence-corrected chi connectivity index (χ3v) is 3.25. The first-order chi connectivity index (χ1) is 11.1. The monoisotopic (exact) mass is 342 g/mol. The van der Waals surface area contributed by atoms with Crippen molar-refractivity contribution in [2.24, 2.45) is 0 Å². The molecule has 0 saturated carbocycles. The van der Waals surface area contributed by atoms with E-state index in [-0.39, 0.29) is 23.3 Å². The lowest BCUT2D eigenvalue weighted by atomic mass is 9.85. The number of alkyl halides is 3. The van der Waals surface area contributed by atoms with Crippen LogP contribution in [-0.2, 0) is 25.2 Å². The molecule has 0 N–H and O–H groups in total. The van der Waals surface area contributed by atoms with Crippen LogP contribution < -0.4 is 0 Å². The van der Waals surface area contributed by atoms with E-state index in [1.54, 1.807) is 6.92 Å². The third-order valence-electron chi connectivity index (χ3n) is 3.25. The Labute approximate surface area is 137 Å². The number of carbonyl (C=O) groups excluding carboxylic acids is 2. The van der Waals surface area contributed by atoms with Gasteiger partial charge in [-0.2, -0.15) is 13.2 Å². The summed E-state index contributed by atoms with van der Waals surface area (Å²) in [5, 5.41) is 0. The summed E-state index contributed by atoms with van der Waals surface area (Å²) in [7, 11) is 1.13. The Bertz CT molecular complexity index is 645. The average Bonchev–Trinajstić information content (AvgIpc) is 2.53. The van der Waals surface area contributed by atoms with Crippen LogP contribution in [0.5, 0.6) is 0 Å². The highest BCUT2D eigenvalue weighted by atomic mass is 19.4. The van der Waals surface area contributed by atoms with Gasteiger partial charge in [-0.25, -0.2) is 9.59 Å². The van der Waals surface area contributed by atoms with Gasteiger partial charge in [0.1, 0.15) is 0 Å². The molecule has 0 saturated heterocycles. The fourth-order valence-corrected chi connectivity index (χ4v) is 2.07. The minimum atomic E-state index is -4.49. The van der Waals surface area contributed by atoms with E-state index in [0.29, 0.717) is 0 Å². The zero-order chi connectivity index (χ0) is 18.5. The minimum Gasteiger partial charge on any atom is -0.466 e. The van der Waals surface area contributed by atoms with Crippen molar-refractivity contribution in [3.05, 3.63) is 59.7 Å². The quantitative estimate of drug-likeness (QED) is 0.585. The predicted octanol–water partition coefficient (Wildman–Crippen LogP) is 3.64. The van der Waals surface area contributed by atoms with E-state index >= 15 is 0 Å². The maximum absolute atomic E-state index is 12.7. The second-order valence-electron chi connectivity index (χ2n) is 4.82. The van der Waals surface area contributed by atoms with E-state index in [2.05, 4.69) is 17.9 Å². The number of rotatable bonds is 6. The molecule has 1 aromatic carbocycles. The molecule has 0 aromatic heterocycles. The molecule has 1 atom stereocenters. The lowest BCUT2D eigenvalue weighted by Gasteiger charge is -2.20. The van der Waals surface area contributed by atoms with Crippen LogP contribution >= 0.6 is 0 Å². The molecule has 130 valence electrons. The second kappa shape index (κ2) is 7.81. The van der Waals surface area contributed by atoms with Gasteiger partial charge in [0.15, 0.2) is 0 Å². The van der Waals surface area contributed by atoms with Crippen molar-refractivity contribution in [3.8, 4) is 0 Å². The Kier molecular flexibility index (Phi) is 6.34. The molecule has 0 bridgehead atoms. The molecule has 0 spiro atoms. The maximum Gasteiger partial charge on any atom is 0.416 e. The van der Waals surface area contributed by atoms with Crippen molar-refractivity contribution >= 4 is 11.9 Å². The molecule has 1 aromatic rings. The molecule has 4 nitrogen and oxygen atoms in total. The Morgan fingerprint density at radius 1 is 1.08 bits per heavy atom. The van der Waals surface area contributed by atoms with Gasteiger partial charge in [-0.3, -0.25) is 0 Å². The van der Waals surface area contributed by atoms with E-state index in [1.165, 1.54) is 0 Å². The SMILES string of the molecule is C=C(C(=O)OC)[C@H](C(=C)C(=O)OCC)c1ccc(C(F)(F)F)cc1. The van der Waals surface area contributed by atoms with Gasteiger partial charge >= 0.3 is 18.1 Å². The summed E-state index contributed by atoms with van der Waals surface area (Å²) in [6, 6.07) is 4.02. The first kappa shape index (κ1) is 19.5. The molecule has 0 radical (unpaired) electrons. The summed E-state index contributed by atoms with van der Waals surface area (Å²) in [5.41, 5.74) is -0.853. The van der Waals surface area contributed by atoms with E-state index < -0.39 is 29.6 Å². The lowest BCUT2D eigenvalue weighted by Crippen LogP contribution is -2.20. The summed E-state index contributed by atoms with van der Waals surface area (Å²) >= 11 is 0. The summed E-state index contributed by atoms with van der Waals surface area (Å²) in [6.07, 6.45) is -4.49. The second-order valence-corrected chi connectivity index (χ2v) is 4.82. The number of hydrogen-bond acceptors (Lipinski definition) is 4. The smallest absolute Gasteiger partial charge is 0.416 e. The largest absolute Gasteiger partial charge is 0.466 e. The van der Waals surface area contributed by atoms with Crippen LogP contribution in [0.3, 0.4) is 0 Å². The van der Waals surface area contributed by atoms with Crippen LogP contribution in [0, 0.1) is 0 Å². The minimum absolute atomic E-state index is 0.0856. The highest BCUT2D eigenvalue weighted by Crippen LogP contribution is 2.34. The van der Waals surface area contributed by atoms with Gasteiger partial charge in [0, 0.05) is 17.1 Å². The summed E-state index contributed by atoms with van der Waals surface area (Å²) in [5.74, 6) is -2.61. The summed E-state index contributed by atoms with van der Waals surface area (Å²) in [4.78, 5) is 23.6. The van der Waals surface area contributed by atoms with Crippen LogP contribution in [0.4, 0.5) is 13.2 Å². The number of benzene rings is 1. The van der Waals surface area contributed by atoms with Gasteiger partial charge in [0.25, 0.3) is 0 Å². The van der Waals surface area contributed by atoms with E-state index in [0.717, 1.165) is 31.4 Å². The number of carbonyl (C=O) groups is 2. The van der Waals surface area contributed by atoms with Crippen LogP contribution in [-0.4, -0.2) is 25.7 Å². The van der Waals surface area contributed by atoms with Crippen molar-refractivity contribution in [3.63, 3.8) is 0 Å². The van der Waals surface area contributed by atoms with Gasteiger partial charge in [0.05, 0.1) is 19.3 Å². The van der Waals surface area contributed by atoms with E-state index in [9.17, 15) is 22.8 Å². The number of hydrogen-bond donors (Lipinski definition) is 0. The predicted molar refractivity (Wildman–Crippen MR) is 81.1 cm³/mol. The van der Waals surface area contributed by atoms with Crippen molar-refractivity contribution in [2.45, 2.75) is 19.0 Å². The molecular formula is C17H17F3O4. The fourth-order valence-electron chi connectivity index (χ4n) is 2.07. The van der Waals surface area contributed by atoms with Gasteiger partial charge in [-0.1, -0.05) is 25.3 Å². The van der Waals surface area contributed by atoms with Crippen LogP contribution in [0.15, 0.2) is 48.6 Å². The Balaban J connectivity index is 3.27. The lowest BCUT2D eigenvalue weighted by molar-refractivity contribution is -0.139. The Hall–Kier alpha value is -2.57. The van der Waals surface area contributed by atoms with Gasteiger partial charge < -0.3 is 9.47 Å². The van der Waals surface area contributed by atoms with Crippen molar-refractivity contribution in [1.29, 1.82) is 0 Å². The molecule has 0 heterocycles. The normalized spacial score (nSPS) is 12.2. The fraction of sp³-hybridized carbons (Fsp3) is 0.294. The third kappa shape index (κ3) is 4.47. The zero-order valence-corrected chi connectivity index (χ0v) is 13.3. The molecule has 24 heavy (non-hydrogen) atoms. The number of esters is 2. The van der Waals surface area contributed by atoms with Crippen molar-refractivity contribution in [2.75, 3.05) is 13.7 Å². The molecular weight excluding hydrogens is 325 g/mol. The van der Waals surface area contributed by atoms with E-state index in [1.807, 2.05) is 0 Å². The zero-order valence-electron chi connectivity index (χ0n) is 13.3. The van der Waals surface area contributed by atoms with Crippen LogP contribution in [0.1, 0.15) is 24.0 Å². The number of ether oxygens (including phenoxy) is 2. The average molecular weight is 342 g/mol. The highest BCUT2D eigenvalue weighted by Gasteiger charge is 2.32. The molecule has 0 aliphatic carbocycles. The topological polar surface area (TPSA) is 52.6 Å². The maximum atomic E-state index is 12.7. The molecule has 1 rings (SSSR count). The molecule has 7 heteroatoms. The highest BCUT2D eigenvalue weighted by molar-refractivity contribution is 5.97. The molecule has 0 aliphatic rings. The molecule has 0 fully saturated rings. The molecule has 0 amide bonds. The first-order valence-corrected chi connectivity index (χ1v) is 6.93. The van der Waals surface area contributed by atoms with Crippen molar-refractivity contribution < 1.29 is 32.2 Å². The van der Waals surface area contributed by atoms with Crippen LogP contribution in [0.2, 0.25) is 0 Å². The van der Waals surface area contributed by atoms with Crippen LogP contribution in [0.25, 0.3) is 0 Å². The standard InChI is InChI=1S/C17H17F3O4/c1-5-24-16(22)11(3)14(10(2)15(21)23-4)12-6-8-13(9-7-12)17(18,19)20/h6-9,14H,2-3,5H2,1,4H3/t14-/m1/s1. The van der Waals surface area contributed by atoms with E-state index in [4.69, 9.17) is 4.74 Å². The van der Waals surface area contributed by atoms with Gasteiger partial charge in [-0.15, -0.1) is 0 Å². The van der Waals surface area contributed by atoms with Gasteiger partial charge in [0.2, 0.25) is 0 Å². The Morgan fingerprint density at radius 3 is 2.00 bits per heavy atom.